The highest BCUT2D eigenvalue weighted by Crippen LogP contribution is 2.33. The lowest BCUT2D eigenvalue weighted by atomic mass is 9.82. The standard InChI is InChI=1S/C17H24N2O/c1-17(2,19-16(20)12-6-3-7-12)14-9-4-10-15-13(14)8-5-11-18-15/h4,9-10,12,18H,3,5-8,11H2,1-2H3,(H,19,20). The predicted octanol–water partition coefficient (Wildman–Crippen LogP) is 3.20. The summed E-state index contributed by atoms with van der Waals surface area (Å²) < 4.78 is 0. The maximum atomic E-state index is 12.3. The minimum Gasteiger partial charge on any atom is -0.385 e. The van der Waals surface area contributed by atoms with E-state index in [1.54, 1.807) is 0 Å². The second-order valence-electron chi connectivity index (χ2n) is 6.60. The second kappa shape index (κ2) is 5.12. The van der Waals surface area contributed by atoms with Gasteiger partial charge in [0, 0.05) is 18.2 Å². The molecule has 3 rings (SSSR count). The first kappa shape index (κ1) is 13.5. The molecule has 2 aliphatic rings. The molecule has 1 heterocycles. The van der Waals surface area contributed by atoms with E-state index < -0.39 is 0 Å². The summed E-state index contributed by atoms with van der Waals surface area (Å²) in [5.74, 6) is 0.467. The second-order valence-corrected chi connectivity index (χ2v) is 6.60. The van der Waals surface area contributed by atoms with Crippen molar-refractivity contribution in [1.82, 2.24) is 5.32 Å². The predicted molar refractivity (Wildman–Crippen MR) is 81.8 cm³/mol. The zero-order chi connectivity index (χ0) is 14.2. The summed E-state index contributed by atoms with van der Waals surface area (Å²) in [6.45, 7) is 5.28. The van der Waals surface area contributed by atoms with Gasteiger partial charge < -0.3 is 10.6 Å². The highest BCUT2D eigenvalue weighted by atomic mass is 16.2. The van der Waals surface area contributed by atoms with E-state index in [2.05, 4.69) is 42.7 Å². The van der Waals surface area contributed by atoms with Crippen LogP contribution in [0.3, 0.4) is 0 Å². The molecule has 1 aromatic rings. The van der Waals surface area contributed by atoms with Crippen LogP contribution in [0.2, 0.25) is 0 Å². The Balaban J connectivity index is 1.84. The molecule has 1 aliphatic heterocycles. The van der Waals surface area contributed by atoms with Gasteiger partial charge >= 0.3 is 0 Å². The van der Waals surface area contributed by atoms with Gasteiger partial charge in [-0.15, -0.1) is 0 Å². The van der Waals surface area contributed by atoms with Crippen LogP contribution in [0.4, 0.5) is 5.69 Å². The van der Waals surface area contributed by atoms with Crippen molar-refractivity contribution in [3.8, 4) is 0 Å². The number of nitrogens with one attached hydrogen (secondary N) is 2. The minimum absolute atomic E-state index is 0.225. The summed E-state index contributed by atoms with van der Waals surface area (Å²) in [6.07, 6.45) is 5.56. The fourth-order valence-electron chi connectivity index (χ4n) is 3.24. The zero-order valence-electron chi connectivity index (χ0n) is 12.5. The van der Waals surface area contributed by atoms with Gasteiger partial charge in [-0.2, -0.15) is 0 Å². The van der Waals surface area contributed by atoms with Gasteiger partial charge in [-0.1, -0.05) is 18.6 Å². The van der Waals surface area contributed by atoms with Gasteiger partial charge in [0.25, 0.3) is 0 Å². The van der Waals surface area contributed by atoms with Crippen molar-refractivity contribution >= 4 is 11.6 Å². The Morgan fingerprint density at radius 1 is 1.30 bits per heavy atom. The Hall–Kier alpha value is -1.51. The molecule has 0 atom stereocenters. The SMILES string of the molecule is CC(C)(NC(=O)C1CCC1)c1cccc2c1CCCN2. The fourth-order valence-corrected chi connectivity index (χ4v) is 3.24. The van der Waals surface area contributed by atoms with Crippen molar-refractivity contribution in [2.45, 2.75) is 51.5 Å². The average molecular weight is 272 g/mol. The molecule has 1 saturated carbocycles. The van der Waals surface area contributed by atoms with Crippen LogP contribution in [-0.2, 0) is 16.8 Å². The normalized spacial score (nSPS) is 18.7. The summed E-state index contributed by atoms with van der Waals surface area (Å²) in [7, 11) is 0. The largest absolute Gasteiger partial charge is 0.385 e. The first-order chi connectivity index (χ1) is 9.58. The maximum Gasteiger partial charge on any atom is 0.223 e. The van der Waals surface area contributed by atoms with Gasteiger partial charge in [-0.25, -0.2) is 0 Å². The molecular formula is C17H24N2O. The molecule has 0 radical (unpaired) electrons. The van der Waals surface area contributed by atoms with Gasteiger partial charge in [0.15, 0.2) is 0 Å². The molecule has 1 amide bonds. The Morgan fingerprint density at radius 2 is 2.10 bits per heavy atom. The van der Waals surface area contributed by atoms with Crippen LogP contribution in [0, 0.1) is 5.92 Å². The fraction of sp³-hybridized carbons (Fsp3) is 0.588. The van der Waals surface area contributed by atoms with Gasteiger partial charge in [0.2, 0.25) is 5.91 Å². The third kappa shape index (κ3) is 2.41. The first-order valence-electron chi connectivity index (χ1n) is 7.76. The van der Waals surface area contributed by atoms with Crippen molar-refractivity contribution in [3.05, 3.63) is 29.3 Å². The van der Waals surface area contributed by atoms with Gasteiger partial charge in [-0.3, -0.25) is 4.79 Å². The van der Waals surface area contributed by atoms with Crippen molar-refractivity contribution in [3.63, 3.8) is 0 Å². The lowest BCUT2D eigenvalue weighted by Gasteiger charge is -2.35. The monoisotopic (exact) mass is 272 g/mol. The summed E-state index contributed by atoms with van der Waals surface area (Å²) in [5.41, 5.74) is 3.57. The molecule has 0 unspecified atom stereocenters. The number of carbonyl (C=O) groups excluding carboxylic acids is 1. The van der Waals surface area contributed by atoms with E-state index in [1.165, 1.54) is 23.2 Å². The number of fused-ring (bicyclic) bond motifs is 1. The Labute approximate surface area is 121 Å². The van der Waals surface area contributed by atoms with Crippen LogP contribution in [0.1, 0.15) is 50.7 Å². The van der Waals surface area contributed by atoms with Crippen LogP contribution in [0.25, 0.3) is 0 Å². The Kier molecular flexibility index (Phi) is 3.45. The van der Waals surface area contributed by atoms with Gasteiger partial charge in [0.05, 0.1) is 5.54 Å². The minimum atomic E-state index is -0.295. The van der Waals surface area contributed by atoms with E-state index in [1.807, 2.05) is 0 Å². The average Bonchev–Trinajstić information content (AvgIpc) is 2.35. The molecular weight excluding hydrogens is 248 g/mol. The van der Waals surface area contributed by atoms with Gasteiger partial charge in [0.1, 0.15) is 0 Å². The number of rotatable bonds is 3. The van der Waals surface area contributed by atoms with Crippen LogP contribution in [0.15, 0.2) is 18.2 Å². The molecule has 3 heteroatoms. The Morgan fingerprint density at radius 3 is 2.80 bits per heavy atom. The van der Waals surface area contributed by atoms with Crippen molar-refractivity contribution in [2.24, 2.45) is 5.92 Å². The molecule has 1 aromatic carbocycles. The summed E-state index contributed by atoms with van der Waals surface area (Å²) in [4.78, 5) is 12.3. The smallest absolute Gasteiger partial charge is 0.223 e. The summed E-state index contributed by atoms with van der Waals surface area (Å²) in [6, 6.07) is 6.39. The molecule has 0 bridgehead atoms. The van der Waals surface area contributed by atoms with E-state index in [-0.39, 0.29) is 17.4 Å². The highest BCUT2D eigenvalue weighted by Gasteiger charge is 2.32. The molecule has 3 nitrogen and oxygen atoms in total. The molecule has 20 heavy (non-hydrogen) atoms. The molecule has 0 saturated heterocycles. The summed E-state index contributed by atoms with van der Waals surface area (Å²) in [5, 5.41) is 6.72. The third-order valence-electron chi connectivity index (χ3n) is 4.68. The van der Waals surface area contributed by atoms with E-state index in [0.29, 0.717) is 0 Å². The number of benzene rings is 1. The first-order valence-corrected chi connectivity index (χ1v) is 7.76. The maximum absolute atomic E-state index is 12.3. The van der Waals surface area contributed by atoms with Crippen LogP contribution >= 0.6 is 0 Å². The quantitative estimate of drug-likeness (QED) is 0.887. The number of amides is 1. The zero-order valence-corrected chi connectivity index (χ0v) is 12.5. The van der Waals surface area contributed by atoms with Crippen molar-refractivity contribution in [1.29, 1.82) is 0 Å². The highest BCUT2D eigenvalue weighted by molar-refractivity contribution is 5.80. The number of anilines is 1. The van der Waals surface area contributed by atoms with Crippen LogP contribution in [0.5, 0.6) is 0 Å². The molecule has 1 fully saturated rings. The Bertz CT molecular complexity index is 518. The van der Waals surface area contributed by atoms with Crippen LogP contribution < -0.4 is 10.6 Å². The molecule has 108 valence electrons. The van der Waals surface area contributed by atoms with E-state index in [4.69, 9.17) is 0 Å². The van der Waals surface area contributed by atoms with E-state index >= 15 is 0 Å². The molecule has 0 aromatic heterocycles. The number of hydrogen-bond donors (Lipinski definition) is 2. The third-order valence-corrected chi connectivity index (χ3v) is 4.68. The summed E-state index contributed by atoms with van der Waals surface area (Å²) >= 11 is 0. The number of hydrogen-bond acceptors (Lipinski definition) is 2. The van der Waals surface area contributed by atoms with E-state index in [9.17, 15) is 4.79 Å². The number of carbonyl (C=O) groups is 1. The van der Waals surface area contributed by atoms with Crippen molar-refractivity contribution < 1.29 is 4.79 Å². The lowest BCUT2D eigenvalue weighted by Crippen LogP contribution is -2.46. The lowest BCUT2D eigenvalue weighted by molar-refractivity contribution is -0.129. The van der Waals surface area contributed by atoms with Crippen molar-refractivity contribution in [2.75, 3.05) is 11.9 Å². The topological polar surface area (TPSA) is 41.1 Å². The molecule has 2 N–H and O–H groups in total. The van der Waals surface area contributed by atoms with Crippen LogP contribution in [-0.4, -0.2) is 12.5 Å². The molecule has 1 aliphatic carbocycles. The molecule has 0 spiro atoms. The van der Waals surface area contributed by atoms with E-state index in [0.717, 1.165) is 32.2 Å². The van der Waals surface area contributed by atoms with Gasteiger partial charge in [-0.05, 0) is 56.7 Å².